The van der Waals surface area contributed by atoms with E-state index in [4.69, 9.17) is 10.2 Å². The van der Waals surface area contributed by atoms with Crippen LogP contribution in [0.15, 0.2) is 19.6 Å². The molecular formula is C9H12Br2N2O2. The van der Waals surface area contributed by atoms with Crippen LogP contribution in [0.4, 0.5) is 0 Å². The number of rotatable bonds is 4. The summed E-state index contributed by atoms with van der Waals surface area (Å²) in [6, 6.07) is 1.83. The number of nitrogens with two attached hydrogens (primary N) is 1. The Labute approximate surface area is 105 Å². The first-order valence-electron chi connectivity index (χ1n) is 4.31. The van der Waals surface area contributed by atoms with Crippen molar-refractivity contribution in [1.29, 1.82) is 0 Å². The zero-order valence-corrected chi connectivity index (χ0v) is 11.6. The highest BCUT2D eigenvalue weighted by molar-refractivity contribution is 9.13. The minimum absolute atomic E-state index is 0.396. The lowest BCUT2D eigenvalue weighted by molar-refractivity contribution is -0.123. The van der Waals surface area contributed by atoms with Gasteiger partial charge in [0.1, 0.15) is 5.76 Å². The van der Waals surface area contributed by atoms with Crippen LogP contribution in [0.5, 0.6) is 0 Å². The highest BCUT2D eigenvalue weighted by Crippen LogP contribution is 2.26. The van der Waals surface area contributed by atoms with Gasteiger partial charge in [0, 0.05) is 0 Å². The van der Waals surface area contributed by atoms with Gasteiger partial charge in [0.25, 0.3) is 0 Å². The van der Waals surface area contributed by atoms with E-state index in [0.29, 0.717) is 11.2 Å². The summed E-state index contributed by atoms with van der Waals surface area (Å²) in [5.74, 6) is 0.329. The molecule has 0 unspecified atom stereocenters. The summed E-state index contributed by atoms with van der Waals surface area (Å²) in [6.07, 6.45) is 0. The van der Waals surface area contributed by atoms with Gasteiger partial charge in [-0.3, -0.25) is 10.1 Å². The van der Waals surface area contributed by atoms with Crippen molar-refractivity contribution in [1.82, 2.24) is 5.32 Å². The van der Waals surface area contributed by atoms with E-state index in [1.54, 1.807) is 13.8 Å². The quantitative estimate of drug-likeness (QED) is 0.883. The number of amides is 1. The first-order valence-corrected chi connectivity index (χ1v) is 5.90. The number of furan rings is 1. The molecule has 0 aromatic carbocycles. The molecule has 0 radical (unpaired) electrons. The highest BCUT2D eigenvalue weighted by Gasteiger charge is 2.24. The van der Waals surface area contributed by atoms with Crippen LogP contribution in [0, 0.1) is 0 Å². The summed E-state index contributed by atoms with van der Waals surface area (Å²) in [6.45, 7) is 3.89. The number of carbonyl (C=O) groups is 1. The minimum Gasteiger partial charge on any atom is -0.452 e. The molecular weight excluding hydrogens is 328 g/mol. The van der Waals surface area contributed by atoms with Crippen LogP contribution in [-0.2, 0) is 11.3 Å². The van der Waals surface area contributed by atoms with Crippen molar-refractivity contribution < 1.29 is 9.21 Å². The third kappa shape index (κ3) is 3.32. The second kappa shape index (κ2) is 4.67. The molecule has 1 aromatic heterocycles. The molecule has 1 aromatic rings. The molecule has 0 aliphatic heterocycles. The summed E-state index contributed by atoms with van der Waals surface area (Å²) in [7, 11) is 0. The van der Waals surface area contributed by atoms with Gasteiger partial charge in [0.2, 0.25) is 5.91 Å². The SMILES string of the molecule is CC(C)(NCc1cc(Br)c(Br)o1)C(N)=O. The third-order valence-corrected chi connectivity index (χ3v) is 3.73. The number of hydrogen-bond donors (Lipinski definition) is 2. The van der Waals surface area contributed by atoms with Crippen molar-refractivity contribution >= 4 is 37.8 Å². The second-order valence-electron chi connectivity index (χ2n) is 3.68. The van der Waals surface area contributed by atoms with Crippen molar-refractivity contribution in [3.05, 3.63) is 21.0 Å². The van der Waals surface area contributed by atoms with E-state index >= 15 is 0 Å². The van der Waals surface area contributed by atoms with E-state index in [-0.39, 0.29) is 0 Å². The Hall–Kier alpha value is -0.330. The molecule has 1 rings (SSSR count). The van der Waals surface area contributed by atoms with Gasteiger partial charge in [-0.25, -0.2) is 0 Å². The Kier molecular flexibility index (Phi) is 3.97. The average molecular weight is 340 g/mol. The molecule has 0 aliphatic carbocycles. The molecule has 3 N–H and O–H groups in total. The average Bonchev–Trinajstić information content (AvgIpc) is 2.43. The van der Waals surface area contributed by atoms with Gasteiger partial charge < -0.3 is 10.2 Å². The van der Waals surface area contributed by atoms with Gasteiger partial charge >= 0.3 is 0 Å². The van der Waals surface area contributed by atoms with Crippen LogP contribution in [0.2, 0.25) is 0 Å². The topological polar surface area (TPSA) is 68.3 Å². The fourth-order valence-electron chi connectivity index (χ4n) is 0.874. The van der Waals surface area contributed by atoms with Crippen LogP contribution >= 0.6 is 31.9 Å². The highest BCUT2D eigenvalue weighted by atomic mass is 79.9. The smallest absolute Gasteiger partial charge is 0.237 e. The fourth-order valence-corrected chi connectivity index (χ4v) is 1.53. The molecule has 1 heterocycles. The van der Waals surface area contributed by atoms with Crippen LogP contribution in [-0.4, -0.2) is 11.4 Å². The standard InChI is InChI=1S/C9H12Br2N2O2/c1-9(2,8(12)14)13-4-5-3-6(10)7(11)15-5/h3,13H,4H2,1-2H3,(H2,12,14). The summed E-state index contributed by atoms with van der Waals surface area (Å²) in [5, 5.41) is 3.01. The van der Waals surface area contributed by atoms with Crippen LogP contribution in [0.1, 0.15) is 19.6 Å². The van der Waals surface area contributed by atoms with Gasteiger partial charge in [0.05, 0.1) is 16.6 Å². The molecule has 0 saturated heterocycles. The maximum Gasteiger partial charge on any atom is 0.237 e. The molecule has 0 atom stereocenters. The first-order chi connectivity index (χ1) is 6.83. The third-order valence-electron chi connectivity index (χ3n) is 2.02. The predicted octanol–water partition coefficient (Wildman–Crippen LogP) is 2.16. The Morgan fingerprint density at radius 3 is 2.60 bits per heavy atom. The molecule has 0 aliphatic rings. The number of halogens is 2. The predicted molar refractivity (Wildman–Crippen MR) is 64.2 cm³/mol. The Morgan fingerprint density at radius 2 is 2.20 bits per heavy atom. The number of nitrogens with one attached hydrogen (secondary N) is 1. The zero-order chi connectivity index (χ0) is 11.6. The van der Waals surface area contributed by atoms with E-state index in [0.717, 1.165) is 10.2 Å². The fraction of sp³-hybridized carbons (Fsp3) is 0.444. The van der Waals surface area contributed by atoms with E-state index < -0.39 is 11.4 Å². The lowest BCUT2D eigenvalue weighted by atomic mass is 10.1. The summed E-state index contributed by atoms with van der Waals surface area (Å²) >= 11 is 6.54. The van der Waals surface area contributed by atoms with Crippen LogP contribution in [0.3, 0.4) is 0 Å². The van der Waals surface area contributed by atoms with Crippen molar-refractivity contribution in [3.8, 4) is 0 Å². The number of carbonyl (C=O) groups excluding carboxylic acids is 1. The van der Waals surface area contributed by atoms with Crippen molar-refractivity contribution in [2.24, 2.45) is 5.73 Å². The van der Waals surface area contributed by atoms with Crippen molar-refractivity contribution in [2.75, 3.05) is 0 Å². The molecule has 6 heteroatoms. The Balaban J connectivity index is 2.61. The molecule has 4 nitrogen and oxygen atoms in total. The molecule has 0 fully saturated rings. The van der Waals surface area contributed by atoms with Crippen molar-refractivity contribution in [2.45, 2.75) is 25.9 Å². The van der Waals surface area contributed by atoms with Crippen molar-refractivity contribution in [3.63, 3.8) is 0 Å². The van der Waals surface area contributed by atoms with Crippen LogP contribution in [0.25, 0.3) is 0 Å². The molecule has 0 saturated carbocycles. The summed E-state index contributed by atoms with van der Waals surface area (Å²) in [4.78, 5) is 11.0. The summed E-state index contributed by atoms with van der Waals surface area (Å²) in [5.41, 5.74) is 4.47. The van der Waals surface area contributed by atoms with Gasteiger partial charge in [-0.2, -0.15) is 0 Å². The van der Waals surface area contributed by atoms with Gasteiger partial charge in [-0.15, -0.1) is 0 Å². The number of hydrogen-bond acceptors (Lipinski definition) is 3. The maximum atomic E-state index is 11.0. The lowest BCUT2D eigenvalue weighted by Crippen LogP contribution is -2.50. The lowest BCUT2D eigenvalue weighted by Gasteiger charge is -2.21. The molecule has 15 heavy (non-hydrogen) atoms. The minimum atomic E-state index is -0.744. The van der Waals surface area contributed by atoms with Gasteiger partial charge in [-0.1, -0.05) is 0 Å². The molecule has 84 valence electrons. The van der Waals surface area contributed by atoms with E-state index in [9.17, 15) is 4.79 Å². The van der Waals surface area contributed by atoms with Crippen LogP contribution < -0.4 is 11.1 Å². The van der Waals surface area contributed by atoms with E-state index in [2.05, 4.69) is 37.2 Å². The Morgan fingerprint density at radius 1 is 1.60 bits per heavy atom. The molecule has 0 bridgehead atoms. The number of primary amides is 1. The monoisotopic (exact) mass is 338 g/mol. The zero-order valence-electron chi connectivity index (χ0n) is 8.43. The van der Waals surface area contributed by atoms with Gasteiger partial charge in [0.15, 0.2) is 4.67 Å². The van der Waals surface area contributed by atoms with E-state index in [1.165, 1.54) is 0 Å². The maximum absolute atomic E-state index is 11.0. The largest absolute Gasteiger partial charge is 0.452 e. The molecule has 1 amide bonds. The van der Waals surface area contributed by atoms with Gasteiger partial charge in [-0.05, 0) is 51.8 Å². The normalized spacial score (nSPS) is 11.7. The second-order valence-corrected chi connectivity index (χ2v) is 5.25. The summed E-state index contributed by atoms with van der Waals surface area (Å²) < 4.78 is 6.82. The van der Waals surface area contributed by atoms with E-state index in [1.807, 2.05) is 6.07 Å². The first kappa shape index (κ1) is 12.7. The Bertz CT molecular complexity index is 355. The molecule has 0 spiro atoms.